The number of halogens is 2. The first-order chi connectivity index (χ1) is 15.0. The first-order valence-electron chi connectivity index (χ1n) is 9.66. The predicted molar refractivity (Wildman–Crippen MR) is 109 cm³/mol. The summed E-state index contributed by atoms with van der Waals surface area (Å²) in [5.74, 6) is -0.930. The Kier molecular flexibility index (Phi) is 4.38. The third-order valence-corrected chi connectivity index (χ3v) is 5.85. The van der Waals surface area contributed by atoms with E-state index in [4.69, 9.17) is 5.26 Å². The molecule has 0 saturated carbocycles. The molecule has 1 N–H and O–H groups in total. The van der Waals surface area contributed by atoms with Crippen molar-refractivity contribution >= 4 is 0 Å². The van der Waals surface area contributed by atoms with E-state index < -0.39 is 23.3 Å². The fraction of sp³-hybridized carbons (Fsp3) is 0.125. The van der Waals surface area contributed by atoms with Gasteiger partial charge in [0.25, 0.3) is 0 Å². The van der Waals surface area contributed by atoms with Crippen molar-refractivity contribution in [1.82, 2.24) is 14.5 Å². The Bertz CT molecular complexity index is 1330. The number of hydrogen-bond donors (Lipinski definition) is 1. The summed E-state index contributed by atoms with van der Waals surface area (Å²) in [6.45, 7) is 0. The van der Waals surface area contributed by atoms with E-state index in [0.29, 0.717) is 27.9 Å². The number of aliphatic hydroxyl groups is 1. The molecule has 2 atom stereocenters. The predicted octanol–water partition coefficient (Wildman–Crippen LogP) is 4.32. The molecule has 5 rings (SSSR count). The van der Waals surface area contributed by atoms with Crippen LogP contribution >= 0.6 is 0 Å². The molecule has 0 spiro atoms. The van der Waals surface area contributed by atoms with Crippen LogP contribution in [0.2, 0.25) is 0 Å². The highest BCUT2D eigenvalue weighted by molar-refractivity contribution is 5.64. The van der Waals surface area contributed by atoms with Crippen LogP contribution in [0.4, 0.5) is 8.78 Å². The molecule has 2 aromatic heterocycles. The fourth-order valence-corrected chi connectivity index (χ4v) is 4.28. The zero-order valence-electron chi connectivity index (χ0n) is 16.2. The molecule has 0 bridgehead atoms. The van der Waals surface area contributed by atoms with Gasteiger partial charge in [0.2, 0.25) is 0 Å². The zero-order chi connectivity index (χ0) is 21.6. The quantitative estimate of drug-likeness (QED) is 0.542. The minimum absolute atomic E-state index is 0.205. The van der Waals surface area contributed by atoms with Crippen molar-refractivity contribution < 1.29 is 13.9 Å². The molecule has 31 heavy (non-hydrogen) atoms. The average molecular weight is 414 g/mol. The van der Waals surface area contributed by atoms with Gasteiger partial charge in [-0.2, -0.15) is 5.26 Å². The van der Waals surface area contributed by atoms with Gasteiger partial charge >= 0.3 is 0 Å². The van der Waals surface area contributed by atoms with Gasteiger partial charge in [0, 0.05) is 23.7 Å². The minimum atomic E-state index is -1.39. The number of imidazole rings is 1. The molecule has 0 unspecified atom stereocenters. The number of rotatable bonds is 3. The molecule has 0 saturated heterocycles. The second-order valence-corrected chi connectivity index (χ2v) is 7.55. The van der Waals surface area contributed by atoms with Crippen LogP contribution in [0.3, 0.4) is 0 Å². The number of pyridine rings is 1. The Morgan fingerprint density at radius 3 is 2.55 bits per heavy atom. The molecule has 0 fully saturated rings. The summed E-state index contributed by atoms with van der Waals surface area (Å²) in [5, 5.41) is 20.6. The SMILES string of the molecule is N#Cc1ccc([C@H]2C[C@](O)(c3ccc(-c4ccncc4F)cc3)c3cncn32)c(F)c1. The van der Waals surface area contributed by atoms with Crippen molar-refractivity contribution in [2.24, 2.45) is 0 Å². The standard InChI is InChI=1S/C24H16F2N4O/c25-20-9-15(11-27)1-6-19(20)22-10-24(31,23-13-29-14-30(22)23)17-4-2-16(3-5-17)18-7-8-28-12-21(18)26/h1-9,12-14,22,31H,10H2/t22-,24+/m1/s1. The zero-order valence-corrected chi connectivity index (χ0v) is 16.2. The Morgan fingerprint density at radius 1 is 1.03 bits per heavy atom. The number of fused-ring (bicyclic) bond motifs is 1. The van der Waals surface area contributed by atoms with Crippen LogP contribution in [-0.2, 0) is 5.60 Å². The number of nitrogens with zero attached hydrogens (tertiary/aromatic N) is 4. The summed E-state index contributed by atoms with van der Waals surface area (Å²) in [4.78, 5) is 7.92. The second-order valence-electron chi connectivity index (χ2n) is 7.55. The van der Waals surface area contributed by atoms with Crippen LogP contribution < -0.4 is 0 Å². The lowest BCUT2D eigenvalue weighted by Crippen LogP contribution is -2.24. The van der Waals surface area contributed by atoms with Crippen molar-refractivity contribution in [2.45, 2.75) is 18.1 Å². The Labute approximate surface area is 176 Å². The molecule has 0 amide bonds. The first kappa shape index (κ1) is 19.1. The second kappa shape index (κ2) is 7.11. The molecule has 0 radical (unpaired) electrons. The van der Waals surface area contributed by atoms with Gasteiger partial charge < -0.3 is 9.67 Å². The molecule has 3 heterocycles. The van der Waals surface area contributed by atoms with E-state index in [-0.39, 0.29) is 12.0 Å². The van der Waals surface area contributed by atoms with E-state index in [1.54, 1.807) is 59.6 Å². The number of hydrogen-bond acceptors (Lipinski definition) is 4. The molecule has 5 nitrogen and oxygen atoms in total. The summed E-state index contributed by atoms with van der Waals surface area (Å²) in [5.41, 5.74) is 1.45. The maximum atomic E-state index is 14.7. The van der Waals surface area contributed by atoms with E-state index in [0.717, 1.165) is 6.20 Å². The highest BCUT2D eigenvalue weighted by Gasteiger charge is 2.45. The largest absolute Gasteiger partial charge is 0.379 e. The third-order valence-electron chi connectivity index (χ3n) is 5.85. The van der Waals surface area contributed by atoms with Gasteiger partial charge in [-0.1, -0.05) is 30.3 Å². The van der Waals surface area contributed by atoms with Gasteiger partial charge in [0.1, 0.15) is 17.2 Å². The molecule has 7 heteroatoms. The first-order valence-corrected chi connectivity index (χ1v) is 9.66. The van der Waals surface area contributed by atoms with Gasteiger partial charge in [-0.25, -0.2) is 13.8 Å². The van der Waals surface area contributed by atoms with Gasteiger partial charge in [-0.15, -0.1) is 0 Å². The molecular formula is C24H16F2N4O. The number of nitriles is 1. The molecular weight excluding hydrogens is 398 g/mol. The van der Waals surface area contributed by atoms with Crippen LogP contribution in [0, 0.1) is 23.0 Å². The maximum absolute atomic E-state index is 14.7. The molecule has 2 aromatic carbocycles. The average Bonchev–Trinajstić information content (AvgIpc) is 3.38. The smallest absolute Gasteiger partial charge is 0.149 e. The minimum Gasteiger partial charge on any atom is -0.379 e. The fourth-order valence-electron chi connectivity index (χ4n) is 4.28. The van der Waals surface area contributed by atoms with Crippen molar-refractivity contribution in [2.75, 3.05) is 0 Å². The number of aromatic nitrogens is 3. The lowest BCUT2D eigenvalue weighted by molar-refractivity contribution is 0.0792. The summed E-state index contributed by atoms with van der Waals surface area (Å²) < 4.78 is 30.5. The van der Waals surface area contributed by atoms with Gasteiger partial charge in [0.05, 0.1) is 42.1 Å². The topological polar surface area (TPSA) is 74.7 Å². The van der Waals surface area contributed by atoms with Gasteiger partial charge in [0.15, 0.2) is 0 Å². The maximum Gasteiger partial charge on any atom is 0.149 e. The van der Waals surface area contributed by atoms with E-state index in [2.05, 4.69) is 9.97 Å². The highest BCUT2D eigenvalue weighted by Crippen LogP contribution is 2.47. The summed E-state index contributed by atoms with van der Waals surface area (Å²) in [6, 6.07) is 14.3. The molecule has 152 valence electrons. The van der Waals surface area contributed by atoms with Crippen molar-refractivity contribution in [3.63, 3.8) is 0 Å². The van der Waals surface area contributed by atoms with Crippen LogP contribution in [0.5, 0.6) is 0 Å². The highest BCUT2D eigenvalue weighted by atomic mass is 19.1. The molecule has 1 aliphatic heterocycles. The summed E-state index contributed by atoms with van der Waals surface area (Å²) in [6.07, 6.45) is 6.01. The number of benzene rings is 2. The normalized spacial score (nSPS) is 19.7. The van der Waals surface area contributed by atoms with Gasteiger partial charge in [-0.3, -0.25) is 4.98 Å². The Hall–Kier alpha value is -3.89. The van der Waals surface area contributed by atoms with Gasteiger partial charge in [-0.05, 0) is 29.3 Å². The van der Waals surface area contributed by atoms with Crippen LogP contribution in [-0.4, -0.2) is 19.6 Å². The Morgan fingerprint density at radius 2 is 1.84 bits per heavy atom. The van der Waals surface area contributed by atoms with Crippen molar-refractivity contribution in [1.29, 1.82) is 5.26 Å². The van der Waals surface area contributed by atoms with Crippen LogP contribution in [0.15, 0.2) is 73.4 Å². The molecule has 0 aliphatic carbocycles. The van der Waals surface area contributed by atoms with E-state index in [9.17, 15) is 13.9 Å². The van der Waals surface area contributed by atoms with Crippen LogP contribution in [0.25, 0.3) is 11.1 Å². The third kappa shape index (κ3) is 3.00. The van der Waals surface area contributed by atoms with E-state index >= 15 is 0 Å². The molecule has 1 aliphatic rings. The van der Waals surface area contributed by atoms with E-state index in [1.807, 2.05) is 6.07 Å². The Balaban J connectivity index is 1.54. The lowest BCUT2D eigenvalue weighted by atomic mass is 9.86. The van der Waals surface area contributed by atoms with Crippen molar-refractivity contribution in [3.05, 3.63) is 107 Å². The monoisotopic (exact) mass is 414 g/mol. The van der Waals surface area contributed by atoms with Crippen molar-refractivity contribution in [3.8, 4) is 17.2 Å². The summed E-state index contributed by atoms with van der Waals surface area (Å²) in [7, 11) is 0. The van der Waals surface area contributed by atoms with E-state index in [1.165, 1.54) is 12.3 Å². The molecule has 4 aromatic rings. The summed E-state index contributed by atoms with van der Waals surface area (Å²) >= 11 is 0. The van der Waals surface area contributed by atoms with Crippen LogP contribution in [0.1, 0.15) is 34.8 Å². The lowest BCUT2D eigenvalue weighted by Gasteiger charge is -2.23.